The first-order chi connectivity index (χ1) is 10.3. The number of hydrogen-bond acceptors (Lipinski definition) is 4. The van der Waals surface area contributed by atoms with Crippen LogP contribution < -0.4 is 5.32 Å². The molecule has 0 aliphatic rings. The Labute approximate surface area is 121 Å². The van der Waals surface area contributed by atoms with Crippen molar-refractivity contribution in [1.82, 2.24) is 25.3 Å². The molecule has 6 heteroatoms. The summed E-state index contributed by atoms with van der Waals surface area (Å²) in [4.78, 5) is 4.20. The van der Waals surface area contributed by atoms with Crippen LogP contribution in [0.15, 0.2) is 36.5 Å². The van der Waals surface area contributed by atoms with Crippen molar-refractivity contribution >= 4 is 11.0 Å². The minimum atomic E-state index is -0.350. The third-order valence-corrected chi connectivity index (χ3v) is 3.20. The Hall–Kier alpha value is -2.34. The summed E-state index contributed by atoms with van der Waals surface area (Å²) in [6, 6.07) is 9.12. The highest BCUT2D eigenvalue weighted by Crippen LogP contribution is 2.18. The fourth-order valence-corrected chi connectivity index (χ4v) is 2.22. The number of fused-ring (bicyclic) bond motifs is 1. The van der Waals surface area contributed by atoms with Crippen LogP contribution in [0, 0.1) is 5.82 Å². The average Bonchev–Trinajstić information content (AvgIpc) is 2.92. The number of nitrogens with zero attached hydrogens (tertiary/aromatic N) is 4. The van der Waals surface area contributed by atoms with Crippen molar-refractivity contribution in [1.29, 1.82) is 0 Å². The third-order valence-electron chi connectivity index (χ3n) is 3.20. The van der Waals surface area contributed by atoms with E-state index in [0.29, 0.717) is 12.4 Å². The minimum Gasteiger partial charge on any atom is -0.313 e. The van der Waals surface area contributed by atoms with E-state index >= 15 is 0 Å². The third kappa shape index (κ3) is 2.75. The summed E-state index contributed by atoms with van der Waals surface area (Å²) in [5.74, 6) is 0.255. The van der Waals surface area contributed by atoms with Crippen LogP contribution in [0.4, 0.5) is 4.39 Å². The molecule has 3 aromatic rings. The van der Waals surface area contributed by atoms with Crippen molar-refractivity contribution in [3.63, 3.8) is 0 Å². The van der Waals surface area contributed by atoms with Crippen LogP contribution >= 0.6 is 0 Å². The van der Waals surface area contributed by atoms with Gasteiger partial charge in [-0.25, -0.2) is 9.37 Å². The lowest BCUT2D eigenvalue weighted by molar-refractivity contribution is 0.606. The molecule has 0 aliphatic carbocycles. The number of para-hydroxylation sites is 1. The lowest BCUT2D eigenvalue weighted by Gasteiger charge is -2.09. The lowest BCUT2D eigenvalue weighted by atomic mass is 10.2. The maximum Gasteiger partial charge on any atom is 0.160 e. The molecule has 3 rings (SSSR count). The Bertz CT molecular complexity index is 753. The van der Waals surface area contributed by atoms with Crippen LogP contribution in [0.5, 0.6) is 0 Å². The van der Waals surface area contributed by atoms with Gasteiger partial charge in [-0.2, -0.15) is 4.68 Å². The largest absolute Gasteiger partial charge is 0.313 e. The van der Waals surface area contributed by atoms with Gasteiger partial charge in [0, 0.05) is 12.1 Å². The zero-order valence-corrected chi connectivity index (χ0v) is 11.8. The molecular weight excluding hydrogens is 269 g/mol. The average molecular weight is 285 g/mol. The fraction of sp³-hybridized carbons (Fsp3) is 0.267. The highest BCUT2D eigenvalue weighted by atomic mass is 19.1. The number of aromatic nitrogens is 4. The Morgan fingerprint density at radius 1 is 1.29 bits per heavy atom. The van der Waals surface area contributed by atoms with Crippen LogP contribution in [-0.2, 0) is 6.54 Å². The van der Waals surface area contributed by atoms with Crippen molar-refractivity contribution < 1.29 is 4.39 Å². The van der Waals surface area contributed by atoms with E-state index < -0.39 is 0 Å². The number of benzene rings is 1. The molecule has 2 aromatic heterocycles. The van der Waals surface area contributed by atoms with E-state index in [-0.39, 0.29) is 5.82 Å². The highest BCUT2D eigenvalue weighted by Gasteiger charge is 2.12. The second-order valence-corrected chi connectivity index (χ2v) is 4.80. The lowest BCUT2D eigenvalue weighted by Crippen LogP contribution is -2.17. The van der Waals surface area contributed by atoms with E-state index in [1.807, 2.05) is 24.3 Å². The van der Waals surface area contributed by atoms with Gasteiger partial charge in [-0.1, -0.05) is 24.3 Å². The number of hydrogen-bond donors (Lipinski definition) is 1. The van der Waals surface area contributed by atoms with E-state index in [2.05, 4.69) is 27.5 Å². The molecule has 0 fully saturated rings. The smallest absolute Gasteiger partial charge is 0.160 e. The summed E-state index contributed by atoms with van der Waals surface area (Å²) >= 11 is 0. The Kier molecular flexibility index (Phi) is 3.87. The molecule has 2 heterocycles. The van der Waals surface area contributed by atoms with E-state index in [9.17, 15) is 4.39 Å². The van der Waals surface area contributed by atoms with E-state index in [0.717, 1.165) is 29.6 Å². The molecule has 0 aliphatic heterocycles. The zero-order valence-electron chi connectivity index (χ0n) is 11.8. The number of halogens is 1. The molecule has 0 bridgehead atoms. The predicted molar refractivity (Wildman–Crippen MR) is 78.6 cm³/mol. The molecule has 0 spiro atoms. The molecule has 0 amide bonds. The molecule has 0 unspecified atom stereocenters. The van der Waals surface area contributed by atoms with Crippen LogP contribution in [0.2, 0.25) is 0 Å². The summed E-state index contributed by atoms with van der Waals surface area (Å²) in [7, 11) is 0. The van der Waals surface area contributed by atoms with Crippen LogP contribution in [-0.4, -0.2) is 26.5 Å². The van der Waals surface area contributed by atoms with Gasteiger partial charge in [0.1, 0.15) is 11.3 Å². The maximum atomic E-state index is 13.5. The summed E-state index contributed by atoms with van der Waals surface area (Å²) in [5, 5.41) is 11.5. The van der Waals surface area contributed by atoms with E-state index in [4.69, 9.17) is 0 Å². The van der Waals surface area contributed by atoms with Gasteiger partial charge in [-0.3, -0.25) is 0 Å². The van der Waals surface area contributed by atoms with Crippen molar-refractivity contribution in [2.45, 2.75) is 19.9 Å². The summed E-state index contributed by atoms with van der Waals surface area (Å²) in [5.41, 5.74) is 2.41. The van der Waals surface area contributed by atoms with E-state index in [1.54, 1.807) is 4.68 Å². The SMILES string of the molecule is CCCNCc1cc(F)cnc1-n1nnc2ccccc21. The predicted octanol–water partition coefficient (Wildman–Crippen LogP) is 2.45. The molecular formula is C15H16FN5. The van der Waals surface area contributed by atoms with Crippen LogP contribution in [0.25, 0.3) is 16.9 Å². The van der Waals surface area contributed by atoms with Gasteiger partial charge in [0.05, 0.1) is 11.7 Å². The molecule has 1 N–H and O–H groups in total. The van der Waals surface area contributed by atoms with Gasteiger partial charge in [0.2, 0.25) is 0 Å². The Morgan fingerprint density at radius 3 is 3.00 bits per heavy atom. The second-order valence-electron chi connectivity index (χ2n) is 4.80. The first kappa shape index (κ1) is 13.6. The van der Waals surface area contributed by atoms with Crippen LogP contribution in [0.1, 0.15) is 18.9 Å². The van der Waals surface area contributed by atoms with Crippen molar-refractivity contribution in [2.24, 2.45) is 0 Å². The minimum absolute atomic E-state index is 0.350. The van der Waals surface area contributed by atoms with Gasteiger partial charge in [0.15, 0.2) is 5.82 Å². The molecule has 108 valence electrons. The van der Waals surface area contributed by atoms with Crippen molar-refractivity contribution in [3.8, 4) is 5.82 Å². The number of nitrogens with one attached hydrogen (secondary N) is 1. The normalized spacial score (nSPS) is 11.1. The molecule has 0 saturated carbocycles. The summed E-state index contributed by atoms with van der Waals surface area (Å²) in [6.45, 7) is 3.50. The topological polar surface area (TPSA) is 55.6 Å². The molecule has 0 radical (unpaired) electrons. The summed E-state index contributed by atoms with van der Waals surface area (Å²) in [6.07, 6.45) is 2.22. The number of rotatable bonds is 5. The van der Waals surface area contributed by atoms with Crippen molar-refractivity contribution in [2.75, 3.05) is 6.54 Å². The Balaban J connectivity index is 2.04. The molecule has 21 heavy (non-hydrogen) atoms. The Morgan fingerprint density at radius 2 is 2.14 bits per heavy atom. The van der Waals surface area contributed by atoms with Crippen LogP contribution in [0.3, 0.4) is 0 Å². The zero-order chi connectivity index (χ0) is 14.7. The van der Waals surface area contributed by atoms with E-state index in [1.165, 1.54) is 12.3 Å². The van der Waals surface area contributed by atoms with Crippen molar-refractivity contribution in [3.05, 3.63) is 47.9 Å². The first-order valence-corrected chi connectivity index (χ1v) is 6.95. The maximum absolute atomic E-state index is 13.5. The van der Waals surface area contributed by atoms with Gasteiger partial charge in [-0.05, 0) is 31.2 Å². The second kappa shape index (κ2) is 5.97. The summed E-state index contributed by atoms with van der Waals surface area (Å²) < 4.78 is 15.1. The standard InChI is InChI=1S/C15H16FN5/c1-2-7-17-9-11-8-12(16)10-18-15(11)21-14-6-4-3-5-13(14)19-20-21/h3-6,8,10,17H,2,7,9H2,1H3. The van der Waals surface area contributed by atoms with Gasteiger partial charge in [0.25, 0.3) is 0 Å². The fourth-order valence-electron chi connectivity index (χ4n) is 2.22. The molecule has 0 saturated heterocycles. The monoisotopic (exact) mass is 285 g/mol. The first-order valence-electron chi connectivity index (χ1n) is 6.95. The molecule has 5 nitrogen and oxygen atoms in total. The molecule has 1 aromatic carbocycles. The quantitative estimate of drug-likeness (QED) is 0.732. The van der Waals surface area contributed by atoms with Gasteiger partial charge in [-0.15, -0.1) is 5.10 Å². The van der Waals surface area contributed by atoms with Gasteiger partial charge >= 0.3 is 0 Å². The molecule has 0 atom stereocenters. The van der Waals surface area contributed by atoms with Gasteiger partial charge < -0.3 is 5.32 Å². The number of pyridine rings is 1. The highest BCUT2D eigenvalue weighted by molar-refractivity contribution is 5.75.